The first-order valence-corrected chi connectivity index (χ1v) is 10.2. The Hall–Kier alpha value is -3.20. The molecule has 1 aliphatic heterocycles. The van der Waals surface area contributed by atoms with Gasteiger partial charge in [-0.05, 0) is 49.3 Å². The average Bonchev–Trinajstić information content (AvgIpc) is 3.57. The highest BCUT2D eigenvalue weighted by molar-refractivity contribution is 5.79. The van der Waals surface area contributed by atoms with Crippen LogP contribution in [0, 0.1) is 11.8 Å². The minimum atomic E-state index is -0.153. The summed E-state index contributed by atoms with van der Waals surface area (Å²) in [6.07, 6.45) is 3.59. The molecule has 2 aliphatic rings. The van der Waals surface area contributed by atoms with Crippen molar-refractivity contribution in [1.29, 1.82) is 0 Å². The molecule has 4 rings (SSSR count). The highest BCUT2D eigenvalue weighted by Crippen LogP contribution is 2.43. The molecule has 2 heterocycles. The molecule has 1 aliphatic carbocycles. The lowest BCUT2D eigenvalue weighted by Gasteiger charge is -2.22. The van der Waals surface area contributed by atoms with Crippen molar-refractivity contribution in [2.45, 2.75) is 44.2 Å². The van der Waals surface area contributed by atoms with Crippen LogP contribution in [0.3, 0.4) is 0 Å². The molecule has 0 unspecified atom stereocenters. The van der Waals surface area contributed by atoms with Crippen LogP contribution in [0.4, 0.5) is 0 Å². The van der Waals surface area contributed by atoms with Crippen molar-refractivity contribution >= 4 is 5.91 Å². The van der Waals surface area contributed by atoms with E-state index in [1.165, 1.54) is 12.8 Å². The number of nitrogens with zero attached hydrogens (tertiary/aromatic N) is 2. The van der Waals surface area contributed by atoms with Crippen molar-refractivity contribution in [2.75, 3.05) is 21.3 Å². The monoisotopic (exact) mass is 406 g/mol. The molecule has 30 heavy (non-hydrogen) atoms. The molecule has 6 heteroatoms. The zero-order chi connectivity index (χ0) is 21.1. The van der Waals surface area contributed by atoms with Gasteiger partial charge in [0.1, 0.15) is 17.2 Å². The minimum absolute atomic E-state index is 0.0989. The summed E-state index contributed by atoms with van der Waals surface area (Å²) in [7, 11) is 4.88. The summed E-state index contributed by atoms with van der Waals surface area (Å²) in [5.74, 6) is 9.13. The van der Waals surface area contributed by atoms with Crippen LogP contribution in [0.2, 0.25) is 0 Å². The number of hydrogen-bond acceptors (Lipinski definition) is 5. The van der Waals surface area contributed by atoms with Gasteiger partial charge in [-0.2, -0.15) is 0 Å². The maximum Gasteiger partial charge on any atom is 0.223 e. The summed E-state index contributed by atoms with van der Waals surface area (Å²) in [6, 6.07) is 9.48. The number of aromatic nitrogens is 1. The predicted molar refractivity (Wildman–Crippen MR) is 113 cm³/mol. The Morgan fingerprint density at radius 1 is 1.07 bits per heavy atom. The highest BCUT2D eigenvalue weighted by atomic mass is 16.5. The zero-order valence-corrected chi connectivity index (χ0v) is 17.6. The summed E-state index contributed by atoms with van der Waals surface area (Å²) in [5.41, 5.74) is 2.75. The van der Waals surface area contributed by atoms with Crippen LogP contribution < -0.4 is 14.2 Å². The molecule has 1 aromatic carbocycles. The molecule has 0 N–H and O–H groups in total. The van der Waals surface area contributed by atoms with Gasteiger partial charge in [0.15, 0.2) is 0 Å². The van der Waals surface area contributed by atoms with E-state index in [0.717, 1.165) is 11.1 Å². The number of amides is 1. The van der Waals surface area contributed by atoms with Crippen molar-refractivity contribution in [2.24, 2.45) is 0 Å². The standard InChI is InChI=1S/C24H26N2O4/c1-28-20-11-6-17(22(14-20)29-2)15-26-19(10-13-23(26)27)9-7-18-8-12-21(16-4-5-16)24(25-18)30-3/h6,8,11-12,14,16,19H,4-5,10,13,15H2,1-3H3/t19-/m0/s1. The Bertz CT molecular complexity index is 1000. The normalized spacial score (nSPS) is 18.0. The first kappa shape index (κ1) is 20.1. The SMILES string of the molecule is COc1ccc(CN2C(=O)CC[C@@H]2C#Cc2ccc(C3CC3)c(OC)n2)c(OC)c1. The van der Waals surface area contributed by atoms with E-state index in [1.807, 2.05) is 29.2 Å². The molecule has 156 valence electrons. The number of pyridine rings is 1. The van der Waals surface area contributed by atoms with Gasteiger partial charge < -0.3 is 19.1 Å². The third-order valence-corrected chi connectivity index (χ3v) is 5.63. The molecule has 2 fully saturated rings. The van der Waals surface area contributed by atoms with Crippen molar-refractivity contribution in [3.8, 4) is 29.2 Å². The quantitative estimate of drug-likeness (QED) is 0.687. The van der Waals surface area contributed by atoms with Crippen LogP contribution in [0.1, 0.15) is 48.4 Å². The van der Waals surface area contributed by atoms with Gasteiger partial charge in [0.05, 0.1) is 33.9 Å². The van der Waals surface area contributed by atoms with E-state index in [-0.39, 0.29) is 11.9 Å². The van der Waals surface area contributed by atoms with Gasteiger partial charge in [0.25, 0.3) is 0 Å². The van der Waals surface area contributed by atoms with Gasteiger partial charge in [-0.15, -0.1) is 0 Å². The topological polar surface area (TPSA) is 60.9 Å². The lowest BCUT2D eigenvalue weighted by Crippen LogP contribution is -2.31. The lowest BCUT2D eigenvalue weighted by atomic mass is 10.1. The molecule has 6 nitrogen and oxygen atoms in total. The third-order valence-electron chi connectivity index (χ3n) is 5.63. The highest BCUT2D eigenvalue weighted by Gasteiger charge is 2.30. The Balaban J connectivity index is 1.53. The Morgan fingerprint density at radius 2 is 1.90 bits per heavy atom. The molecular formula is C24H26N2O4. The fraction of sp³-hybridized carbons (Fsp3) is 0.417. The molecule has 1 amide bonds. The van der Waals surface area contributed by atoms with E-state index in [0.29, 0.717) is 48.4 Å². The second-order valence-electron chi connectivity index (χ2n) is 7.59. The first-order valence-electron chi connectivity index (χ1n) is 10.2. The number of methoxy groups -OCH3 is 3. The molecule has 1 atom stereocenters. The molecule has 0 bridgehead atoms. The second-order valence-corrected chi connectivity index (χ2v) is 7.59. The summed E-state index contributed by atoms with van der Waals surface area (Å²) in [6.45, 7) is 0.447. The number of carbonyl (C=O) groups excluding carboxylic acids is 1. The maximum atomic E-state index is 12.5. The fourth-order valence-corrected chi connectivity index (χ4v) is 3.79. The molecule has 1 aromatic heterocycles. The average molecular weight is 406 g/mol. The van der Waals surface area contributed by atoms with Crippen LogP contribution in [0.15, 0.2) is 30.3 Å². The Kier molecular flexibility index (Phi) is 5.80. The zero-order valence-electron chi connectivity index (χ0n) is 17.6. The first-order chi connectivity index (χ1) is 14.6. The molecular weight excluding hydrogens is 380 g/mol. The van der Waals surface area contributed by atoms with Crippen molar-refractivity contribution in [1.82, 2.24) is 9.88 Å². The minimum Gasteiger partial charge on any atom is -0.497 e. The van der Waals surface area contributed by atoms with E-state index in [4.69, 9.17) is 14.2 Å². The fourth-order valence-electron chi connectivity index (χ4n) is 3.79. The molecule has 1 saturated heterocycles. The number of rotatable bonds is 6. The summed E-state index contributed by atoms with van der Waals surface area (Å²) in [4.78, 5) is 18.9. The van der Waals surface area contributed by atoms with Gasteiger partial charge in [-0.25, -0.2) is 4.98 Å². The lowest BCUT2D eigenvalue weighted by molar-refractivity contribution is -0.128. The van der Waals surface area contributed by atoms with Crippen LogP contribution in [-0.4, -0.2) is 43.2 Å². The van der Waals surface area contributed by atoms with E-state index in [2.05, 4.69) is 22.9 Å². The van der Waals surface area contributed by atoms with Gasteiger partial charge in [-0.1, -0.05) is 12.0 Å². The van der Waals surface area contributed by atoms with Crippen LogP contribution >= 0.6 is 0 Å². The molecule has 0 radical (unpaired) electrons. The number of benzene rings is 1. The van der Waals surface area contributed by atoms with Gasteiger partial charge in [-0.3, -0.25) is 4.79 Å². The summed E-state index contributed by atoms with van der Waals surface area (Å²) in [5, 5.41) is 0. The number of ether oxygens (including phenoxy) is 3. The van der Waals surface area contributed by atoms with E-state index in [9.17, 15) is 4.79 Å². The number of hydrogen-bond donors (Lipinski definition) is 0. The Labute approximate surface area is 177 Å². The molecule has 0 spiro atoms. The van der Waals surface area contributed by atoms with Crippen LogP contribution in [-0.2, 0) is 11.3 Å². The van der Waals surface area contributed by atoms with Crippen molar-refractivity contribution < 1.29 is 19.0 Å². The largest absolute Gasteiger partial charge is 0.497 e. The Morgan fingerprint density at radius 3 is 2.60 bits per heavy atom. The number of carbonyl (C=O) groups is 1. The van der Waals surface area contributed by atoms with E-state index >= 15 is 0 Å². The van der Waals surface area contributed by atoms with Crippen molar-refractivity contribution in [3.63, 3.8) is 0 Å². The number of likely N-dealkylation sites (tertiary alicyclic amines) is 1. The summed E-state index contributed by atoms with van der Waals surface area (Å²) < 4.78 is 16.2. The van der Waals surface area contributed by atoms with E-state index < -0.39 is 0 Å². The third kappa shape index (κ3) is 4.20. The summed E-state index contributed by atoms with van der Waals surface area (Å²) >= 11 is 0. The smallest absolute Gasteiger partial charge is 0.223 e. The van der Waals surface area contributed by atoms with Gasteiger partial charge >= 0.3 is 0 Å². The van der Waals surface area contributed by atoms with Crippen LogP contribution in [0.5, 0.6) is 17.4 Å². The van der Waals surface area contributed by atoms with Crippen molar-refractivity contribution in [3.05, 3.63) is 47.2 Å². The second kappa shape index (κ2) is 8.66. The van der Waals surface area contributed by atoms with E-state index in [1.54, 1.807) is 21.3 Å². The predicted octanol–water partition coefficient (Wildman–Crippen LogP) is 3.53. The maximum absolute atomic E-state index is 12.5. The van der Waals surface area contributed by atoms with Gasteiger partial charge in [0, 0.05) is 23.6 Å². The van der Waals surface area contributed by atoms with Crippen LogP contribution in [0.25, 0.3) is 0 Å². The molecule has 2 aromatic rings. The van der Waals surface area contributed by atoms with Gasteiger partial charge in [0.2, 0.25) is 11.8 Å². The molecule has 1 saturated carbocycles.